The molecular weight excluding hydrogens is 707 g/mol. The molecule has 0 aliphatic heterocycles. The fraction of sp³-hybridized carbons (Fsp3) is 0.0556. The molecule has 0 N–H and O–H groups in total. The summed E-state index contributed by atoms with van der Waals surface area (Å²) in [5.41, 5.74) is 11.4. The molecule has 0 spiro atoms. The second-order valence-corrected chi connectivity index (χ2v) is 15.3. The molecule has 4 heteroatoms. The van der Waals surface area contributed by atoms with E-state index in [4.69, 9.17) is 19.4 Å². The standard InChI is InChI=1S/C54H37N3O/c1-34-10-2-7-15-46(34)39-24-18-38(19-25-39)45-32-48(51-47-16-8-9-17-49(47)58-50(51)33-45)54-56-52(55-53(57-54)44-29-23-36-12-4-6-14-42(36)31-44)40-26-20-37(21-27-40)43-28-22-35-11-3-5-13-41(35)30-43/h2-9,11-34H,10H2,1H3. The van der Waals surface area contributed by atoms with Crippen LogP contribution in [0.5, 0.6) is 0 Å². The van der Waals surface area contributed by atoms with Gasteiger partial charge in [0.1, 0.15) is 11.2 Å². The number of hydrogen-bond acceptors (Lipinski definition) is 4. The van der Waals surface area contributed by atoms with Crippen molar-refractivity contribution in [3.63, 3.8) is 0 Å². The quantitative estimate of drug-likeness (QED) is 0.170. The van der Waals surface area contributed by atoms with Gasteiger partial charge in [-0.05, 0) is 97.6 Å². The highest BCUT2D eigenvalue weighted by atomic mass is 16.3. The van der Waals surface area contributed by atoms with E-state index in [0.29, 0.717) is 23.4 Å². The van der Waals surface area contributed by atoms with Crippen LogP contribution < -0.4 is 0 Å². The summed E-state index contributed by atoms with van der Waals surface area (Å²) in [7, 11) is 0. The van der Waals surface area contributed by atoms with Gasteiger partial charge in [0.15, 0.2) is 17.5 Å². The van der Waals surface area contributed by atoms with E-state index in [1.807, 2.05) is 12.1 Å². The minimum Gasteiger partial charge on any atom is -0.456 e. The van der Waals surface area contributed by atoms with Gasteiger partial charge >= 0.3 is 0 Å². The van der Waals surface area contributed by atoms with Gasteiger partial charge in [-0.2, -0.15) is 0 Å². The maximum Gasteiger partial charge on any atom is 0.164 e. The molecule has 1 atom stereocenters. The molecule has 10 aromatic rings. The van der Waals surface area contributed by atoms with Crippen LogP contribution in [0, 0.1) is 5.92 Å². The van der Waals surface area contributed by atoms with Gasteiger partial charge in [0.05, 0.1) is 0 Å². The van der Waals surface area contributed by atoms with E-state index in [1.165, 1.54) is 32.9 Å². The molecule has 0 fully saturated rings. The topological polar surface area (TPSA) is 51.8 Å². The second kappa shape index (κ2) is 13.9. The Hall–Kier alpha value is -7.43. The first-order valence-electron chi connectivity index (χ1n) is 19.9. The lowest BCUT2D eigenvalue weighted by atomic mass is 9.87. The van der Waals surface area contributed by atoms with E-state index in [0.717, 1.165) is 67.1 Å². The summed E-state index contributed by atoms with van der Waals surface area (Å²) in [5.74, 6) is 2.30. The van der Waals surface area contributed by atoms with Crippen molar-refractivity contribution in [3.8, 4) is 56.4 Å². The summed E-state index contributed by atoms with van der Waals surface area (Å²) in [4.78, 5) is 15.7. The largest absolute Gasteiger partial charge is 0.456 e. The minimum atomic E-state index is 0.485. The van der Waals surface area contributed by atoms with E-state index >= 15 is 0 Å². The van der Waals surface area contributed by atoms with Gasteiger partial charge in [-0.3, -0.25) is 0 Å². The predicted molar refractivity (Wildman–Crippen MR) is 240 cm³/mol. The van der Waals surface area contributed by atoms with Gasteiger partial charge in [0.25, 0.3) is 0 Å². The van der Waals surface area contributed by atoms with Gasteiger partial charge in [-0.1, -0.05) is 165 Å². The van der Waals surface area contributed by atoms with Crippen molar-refractivity contribution in [3.05, 3.63) is 194 Å². The molecule has 11 rings (SSSR count). The smallest absolute Gasteiger partial charge is 0.164 e. The monoisotopic (exact) mass is 743 g/mol. The number of furan rings is 1. The van der Waals surface area contributed by atoms with Crippen molar-refractivity contribution < 1.29 is 4.42 Å². The summed E-state index contributed by atoms with van der Waals surface area (Å²) in [6, 6.07) is 59.9. The highest BCUT2D eigenvalue weighted by Gasteiger charge is 2.20. The molecule has 4 nitrogen and oxygen atoms in total. The molecule has 0 amide bonds. The summed E-state index contributed by atoms with van der Waals surface area (Å²) in [5, 5.41) is 6.75. The van der Waals surface area contributed by atoms with Crippen LogP contribution in [0.2, 0.25) is 0 Å². The number of aromatic nitrogens is 3. The van der Waals surface area contributed by atoms with Crippen LogP contribution in [-0.2, 0) is 0 Å². The lowest BCUT2D eigenvalue weighted by Crippen LogP contribution is -2.01. The van der Waals surface area contributed by atoms with Crippen LogP contribution >= 0.6 is 0 Å². The molecule has 274 valence electrons. The Morgan fingerprint density at radius 3 is 1.72 bits per heavy atom. The van der Waals surface area contributed by atoms with E-state index in [2.05, 4.69) is 183 Å². The number of nitrogens with zero attached hydrogens (tertiary/aromatic N) is 3. The summed E-state index contributed by atoms with van der Waals surface area (Å²) >= 11 is 0. The first kappa shape index (κ1) is 33.9. The van der Waals surface area contributed by atoms with Crippen molar-refractivity contribution in [1.82, 2.24) is 15.0 Å². The molecule has 1 aliphatic carbocycles. The van der Waals surface area contributed by atoms with Gasteiger partial charge in [-0.15, -0.1) is 0 Å². The molecular formula is C54H37N3O. The predicted octanol–water partition coefficient (Wildman–Crippen LogP) is 14.4. The maximum absolute atomic E-state index is 6.58. The molecule has 2 aromatic heterocycles. The van der Waals surface area contributed by atoms with Crippen molar-refractivity contribution >= 4 is 49.1 Å². The Kier molecular flexibility index (Phi) is 8.14. The number of allylic oxidation sites excluding steroid dienone is 4. The molecule has 0 saturated heterocycles. The van der Waals surface area contributed by atoms with E-state index in [-0.39, 0.29) is 0 Å². The van der Waals surface area contributed by atoms with E-state index < -0.39 is 0 Å². The lowest BCUT2D eigenvalue weighted by molar-refractivity contribution is 0.669. The Labute approximate surface area is 336 Å². The van der Waals surface area contributed by atoms with Gasteiger partial charge in [0.2, 0.25) is 0 Å². The molecule has 1 unspecified atom stereocenters. The number of para-hydroxylation sites is 1. The number of benzene rings is 8. The summed E-state index contributed by atoms with van der Waals surface area (Å²) < 4.78 is 6.58. The average Bonchev–Trinajstić information content (AvgIpc) is 3.67. The molecule has 0 bridgehead atoms. The zero-order valence-electron chi connectivity index (χ0n) is 31.9. The SMILES string of the molecule is CC1CC=CC=C1c1ccc(-c2cc(-c3nc(-c4ccc(-c5ccc6ccccc6c5)cc4)nc(-c4ccc5ccccc5c4)n3)c3c(c2)oc2ccccc23)cc1. The summed E-state index contributed by atoms with van der Waals surface area (Å²) in [6.45, 7) is 2.29. The number of hydrogen-bond donors (Lipinski definition) is 0. The molecule has 0 radical (unpaired) electrons. The van der Waals surface area contributed by atoms with Crippen molar-refractivity contribution in [2.45, 2.75) is 13.3 Å². The van der Waals surface area contributed by atoms with Crippen LogP contribution in [0.25, 0.3) is 105 Å². The molecule has 8 aromatic carbocycles. The molecule has 58 heavy (non-hydrogen) atoms. The van der Waals surface area contributed by atoms with Crippen LogP contribution in [0.1, 0.15) is 18.9 Å². The Bertz CT molecular complexity index is 3260. The fourth-order valence-corrected chi connectivity index (χ4v) is 8.44. The van der Waals surface area contributed by atoms with Crippen molar-refractivity contribution in [2.24, 2.45) is 5.92 Å². The van der Waals surface area contributed by atoms with Gasteiger partial charge in [-0.25, -0.2) is 15.0 Å². The summed E-state index contributed by atoms with van der Waals surface area (Å²) in [6.07, 6.45) is 7.71. The zero-order chi connectivity index (χ0) is 38.6. The van der Waals surface area contributed by atoms with Crippen LogP contribution in [0.3, 0.4) is 0 Å². The van der Waals surface area contributed by atoms with Crippen molar-refractivity contribution in [2.75, 3.05) is 0 Å². The van der Waals surface area contributed by atoms with Crippen molar-refractivity contribution in [1.29, 1.82) is 0 Å². The Morgan fingerprint density at radius 2 is 1.00 bits per heavy atom. The maximum atomic E-state index is 6.58. The molecule has 0 saturated carbocycles. The highest BCUT2D eigenvalue weighted by molar-refractivity contribution is 6.13. The van der Waals surface area contributed by atoms with Crippen LogP contribution in [-0.4, -0.2) is 15.0 Å². The number of rotatable bonds is 6. The Morgan fingerprint density at radius 1 is 0.448 bits per heavy atom. The Balaban J connectivity index is 1.09. The first-order chi connectivity index (χ1) is 28.6. The zero-order valence-corrected chi connectivity index (χ0v) is 31.9. The molecule has 2 heterocycles. The average molecular weight is 744 g/mol. The molecule has 1 aliphatic rings. The third-order valence-electron chi connectivity index (χ3n) is 11.6. The second-order valence-electron chi connectivity index (χ2n) is 15.3. The van der Waals surface area contributed by atoms with Gasteiger partial charge < -0.3 is 4.42 Å². The minimum absolute atomic E-state index is 0.485. The normalized spacial score (nSPS) is 14.1. The fourth-order valence-electron chi connectivity index (χ4n) is 8.44. The van der Waals surface area contributed by atoms with Crippen LogP contribution in [0.4, 0.5) is 0 Å². The highest BCUT2D eigenvalue weighted by Crippen LogP contribution is 2.41. The third kappa shape index (κ3) is 6.07. The lowest BCUT2D eigenvalue weighted by Gasteiger charge is -2.18. The third-order valence-corrected chi connectivity index (χ3v) is 11.6. The van der Waals surface area contributed by atoms with Gasteiger partial charge in [0, 0.05) is 27.5 Å². The van der Waals surface area contributed by atoms with Crippen LogP contribution in [0.15, 0.2) is 193 Å². The van der Waals surface area contributed by atoms with E-state index in [1.54, 1.807) is 0 Å². The first-order valence-corrected chi connectivity index (χ1v) is 19.9. The number of fused-ring (bicyclic) bond motifs is 5. The van der Waals surface area contributed by atoms with E-state index in [9.17, 15) is 0 Å².